The zero-order chi connectivity index (χ0) is 22.2. The summed E-state index contributed by atoms with van der Waals surface area (Å²) in [4.78, 5) is 23.4. The first kappa shape index (κ1) is 25.9. The Labute approximate surface area is 207 Å². The van der Waals surface area contributed by atoms with E-state index in [0.717, 1.165) is 36.0 Å². The Bertz CT molecular complexity index is 900. The minimum absolute atomic E-state index is 0. The van der Waals surface area contributed by atoms with Crippen molar-refractivity contribution >= 4 is 41.5 Å². The molecule has 1 aromatic carbocycles. The van der Waals surface area contributed by atoms with Crippen molar-refractivity contribution in [3.63, 3.8) is 0 Å². The molecule has 1 fully saturated rings. The van der Waals surface area contributed by atoms with E-state index in [9.17, 15) is 4.79 Å². The Morgan fingerprint density at radius 3 is 2.72 bits per heavy atom. The second kappa shape index (κ2) is 12.6. The number of halogens is 1. The Balaban J connectivity index is 0.00000363. The molecule has 2 aromatic rings. The van der Waals surface area contributed by atoms with Crippen LogP contribution in [-0.4, -0.2) is 84.9 Å². The van der Waals surface area contributed by atoms with Gasteiger partial charge in [-0.2, -0.15) is 5.10 Å². The van der Waals surface area contributed by atoms with Gasteiger partial charge in [0.15, 0.2) is 5.96 Å². The largest absolute Gasteiger partial charge is 0.492 e. The lowest BCUT2D eigenvalue weighted by atomic mass is 10.2. The van der Waals surface area contributed by atoms with E-state index < -0.39 is 0 Å². The highest BCUT2D eigenvalue weighted by molar-refractivity contribution is 14.0. The van der Waals surface area contributed by atoms with Gasteiger partial charge in [-0.15, -0.1) is 24.0 Å². The zero-order valence-electron chi connectivity index (χ0n) is 19.3. The number of aryl methyl sites for hydroxylation is 1. The molecule has 1 N–H and O–H groups in total. The third-order valence-corrected chi connectivity index (χ3v) is 5.03. The molecule has 2 heterocycles. The summed E-state index contributed by atoms with van der Waals surface area (Å²) in [6.45, 7) is 6.30. The fourth-order valence-electron chi connectivity index (χ4n) is 3.37. The molecular formula is C22H34IN7O2. The fourth-order valence-corrected chi connectivity index (χ4v) is 3.37. The van der Waals surface area contributed by atoms with Crippen molar-refractivity contribution in [1.29, 1.82) is 0 Å². The highest BCUT2D eigenvalue weighted by Crippen LogP contribution is 2.20. The van der Waals surface area contributed by atoms with Crippen molar-refractivity contribution in [3.05, 3.63) is 42.2 Å². The van der Waals surface area contributed by atoms with E-state index >= 15 is 0 Å². The number of amides is 1. The Kier molecular flexibility index (Phi) is 10.2. The predicted molar refractivity (Wildman–Crippen MR) is 138 cm³/mol. The van der Waals surface area contributed by atoms with E-state index in [4.69, 9.17) is 9.73 Å². The number of para-hydroxylation sites is 1. The highest BCUT2D eigenvalue weighted by atomic mass is 127. The van der Waals surface area contributed by atoms with Crippen LogP contribution >= 0.6 is 24.0 Å². The maximum Gasteiger partial charge on any atom is 0.246 e. The summed E-state index contributed by atoms with van der Waals surface area (Å²) in [7, 11) is 5.90. The van der Waals surface area contributed by atoms with E-state index in [1.165, 1.54) is 0 Å². The topological polar surface area (TPSA) is 78.2 Å². The summed E-state index contributed by atoms with van der Waals surface area (Å²) in [5.74, 6) is 1.63. The van der Waals surface area contributed by atoms with Crippen molar-refractivity contribution in [2.75, 3.05) is 58.3 Å². The van der Waals surface area contributed by atoms with Gasteiger partial charge in [-0.05, 0) is 27.1 Å². The number of nitrogens with one attached hydrogen (secondary N) is 1. The summed E-state index contributed by atoms with van der Waals surface area (Å²) < 4.78 is 7.66. The number of hydrogen-bond donors (Lipinski definition) is 1. The van der Waals surface area contributed by atoms with Gasteiger partial charge in [-0.1, -0.05) is 18.2 Å². The molecule has 3 rings (SSSR count). The lowest BCUT2D eigenvalue weighted by molar-refractivity contribution is -0.120. The average Bonchev–Trinajstić information content (AvgIpc) is 3.17. The monoisotopic (exact) mass is 555 g/mol. The van der Waals surface area contributed by atoms with Crippen LogP contribution in [0.5, 0.6) is 5.75 Å². The van der Waals surface area contributed by atoms with Gasteiger partial charge in [-0.3, -0.25) is 9.48 Å². The molecule has 0 atom stereocenters. The van der Waals surface area contributed by atoms with Crippen molar-refractivity contribution in [1.82, 2.24) is 24.9 Å². The Hall–Kier alpha value is -2.34. The number of anilines is 1. The molecular weight excluding hydrogens is 521 g/mol. The van der Waals surface area contributed by atoms with Gasteiger partial charge in [0, 0.05) is 45.0 Å². The third kappa shape index (κ3) is 7.09. The second-order valence-corrected chi connectivity index (χ2v) is 7.77. The minimum Gasteiger partial charge on any atom is -0.492 e. The summed E-state index contributed by atoms with van der Waals surface area (Å²) >= 11 is 0. The number of benzene rings is 1. The number of aliphatic imine (C=N–C) groups is 1. The van der Waals surface area contributed by atoms with Crippen molar-refractivity contribution in [3.8, 4) is 5.75 Å². The van der Waals surface area contributed by atoms with E-state index in [-0.39, 0.29) is 36.4 Å². The van der Waals surface area contributed by atoms with Gasteiger partial charge in [0.1, 0.15) is 18.9 Å². The number of nitrogens with zero attached hydrogens (tertiary/aromatic N) is 6. The van der Waals surface area contributed by atoms with Gasteiger partial charge < -0.3 is 24.8 Å². The van der Waals surface area contributed by atoms with Crippen molar-refractivity contribution in [2.45, 2.75) is 13.5 Å². The zero-order valence-corrected chi connectivity index (χ0v) is 21.7. The quantitative estimate of drug-likeness (QED) is 0.304. The maximum atomic E-state index is 12.8. The molecule has 1 aliphatic rings. The molecule has 1 aliphatic heterocycles. The first-order chi connectivity index (χ1) is 15.0. The molecule has 0 bridgehead atoms. The van der Waals surface area contributed by atoms with Gasteiger partial charge in [0.05, 0.1) is 18.4 Å². The van der Waals surface area contributed by atoms with E-state index in [1.807, 2.05) is 63.4 Å². The standard InChI is InChI=1S/C22H33N7O2.HI/c1-5-23-22(24-14-18-8-6-7-9-20(18)31-13-12-26(2)3)28-10-11-29(21(30)17-28)19-15-25-27(4)16-19;/h6-9,15-16H,5,10-14,17H2,1-4H3,(H,23,24);1H. The fraction of sp³-hybridized carbons (Fsp3) is 0.500. The molecule has 9 nitrogen and oxygen atoms in total. The van der Waals surface area contributed by atoms with E-state index in [0.29, 0.717) is 26.2 Å². The number of hydrogen-bond acceptors (Lipinski definition) is 5. The van der Waals surface area contributed by atoms with Crippen molar-refractivity contribution in [2.24, 2.45) is 12.0 Å². The van der Waals surface area contributed by atoms with Crippen LogP contribution < -0.4 is 15.0 Å². The van der Waals surface area contributed by atoms with Crippen molar-refractivity contribution < 1.29 is 9.53 Å². The molecule has 176 valence electrons. The minimum atomic E-state index is 0. The predicted octanol–water partition coefficient (Wildman–Crippen LogP) is 1.79. The number of carbonyl (C=O) groups is 1. The molecule has 0 aliphatic carbocycles. The third-order valence-electron chi connectivity index (χ3n) is 5.03. The Morgan fingerprint density at radius 1 is 1.28 bits per heavy atom. The van der Waals surface area contributed by atoms with Crippen LogP contribution in [0.4, 0.5) is 5.69 Å². The molecule has 1 aromatic heterocycles. The van der Waals surface area contributed by atoms with Crippen LogP contribution in [-0.2, 0) is 18.4 Å². The van der Waals surface area contributed by atoms with Crippen LogP contribution in [0.15, 0.2) is 41.7 Å². The number of ether oxygens (including phenoxy) is 1. The summed E-state index contributed by atoms with van der Waals surface area (Å²) in [6, 6.07) is 7.97. The molecule has 1 amide bonds. The molecule has 0 saturated carbocycles. The number of piperazine rings is 1. The van der Waals surface area contributed by atoms with Crippen LogP contribution in [0.3, 0.4) is 0 Å². The SMILES string of the molecule is CCNC(=NCc1ccccc1OCCN(C)C)N1CCN(c2cnn(C)c2)C(=O)C1.I. The molecule has 1 saturated heterocycles. The second-order valence-electron chi connectivity index (χ2n) is 7.77. The molecule has 0 radical (unpaired) electrons. The number of likely N-dealkylation sites (N-methyl/N-ethyl adjacent to an activating group) is 1. The molecule has 10 heteroatoms. The first-order valence-electron chi connectivity index (χ1n) is 10.7. The molecule has 0 spiro atoms. The van der Waals surface area contributed by atoms with Gasteiger partial charge >= 0.3 is 0 Å². The Morgan fingerprint density at radius 2 is 2.06 bits per heavy atom. The van der Waals surface area contributed by atoms with Gasteiger partial charge in [0.2, 0.25) is 5.91 Å². The smallest absolute Gasteiger partial charge is 0.246 e. The first-order valence-corrected chi connectivity index (χ1v) is 10.7. The number of rotatable bonds is 8. The van der Waals surface area contributed by atoms with E-state index in [2.05, 4.69) is 15.3 Å². The van der Waals surface area contributed by atoms with Gasteiger partial charge in [0.25, 0.3) is 0 Å². The lowest BCUT2D eigenvalue weighted by Crippen LogP contribution is -2.55. The number of guanidine groups is 1. The lowest BCUT2D eigenvalue weighted by Gasteiger charge is -2.35. The van der Waals surface area contributed by atoms with E-state index in [1.54, 1.807) is 15.8 Å². The highest BCUT2D eigenvalue weighted by Gasteiger charge is 2.27. The number of carbonyl (C=O) groups excluding carboxylic acids is 1. The van der Waals surface area contributed by atoms with Crippen LogP contribution in [0, 0.1) is 0 Å². The van der Waals surface area contributed by atoms with Crippen LogP contribution in [0.25, 0.3) is 0 Å². The maximum absolute atomic E-state index is 12.8. The van der Waals surface area contributed by atoms with Gasteiger partial charge in [-0.25, -0.2) is 4.99 Å². The summed E-state index contributed by atoms with van der Waals surface area (Å²) in [5, 5.41) is 7.49. The summed E-state index contributed by atoms with van der Waals surface area (Å²) in [5.41, 5.74) is 1.86. The normalized spacial score (nSPS) is 14.5. The van der Waals surface area contributed by atoms with Crippen LogP contribution in [0.1, 0.15) is 12.5 Å². The van der Waals surface area contributed by atoms with Crippen LogP contribution in [0.2, 0.25) is 0 Å². The molecule has 32 heavy (non-hydrogen) atoms. The average molecular weight is 555 g/mol. The molecule has 0 unspecified atom stereocenters. The number of aromatic nitrogens is 2. The summed E-state index contributed by atoms with van der Waals surface area (Å²) in [6.07, 6.45) is 3.58.